The van der Waals surface area contributed by atoms with Crippen LogP contribution in [-0.4, -0.2) is 9.97 Å². The number of fused-ring (bicyclic) bond motifs is 1. The zero-order valence-corrected chi connectivity index (χ0v) is 9.53. The summed E-state index contributed by atoms with van der Waals surface area (Å²) in [6.07, 6.45) is 4.47. The molecule has 17 heavy (non-hydrogen) atoms. The molecular formula is C14H13N3. The molecule has 1 aliphatic rings. The first-order valence-electron chi connectivity index (χ1n) is 5.96. The van der Waals surface area contributed by atoms with Crippen LogP contribution in [0, 0.1) is 11.3 Å². The summed E-state index contributed by atoms with van der Waals surface area (Å²) in [6, 6.07) is 10.2. The molecule has 1 aromatic heterocycles. The molecule has 1 N–H and O–H groups in total. The van der Waals surface area contributed by atoms with E-state index < -0.39 is 0 Å². The molecule has 1 aliphatic carbocycles. The number of nitrogens with zero attached hydrogens (tertiary/aromatic N) is 2. The minimum absolute atomic E-state index is 0.727. The highest BCUT2D eigenvalue weighted by molar-refractivity contribution is 5.83. The number of allylic oxidation sites excluding steroid dienone is 2. The molecule has 0 aliphatic heterocycles. The maximum absolute atomic E-state index is 9.30. The van der Waals surface area contributed by atoms with E-state index >= 15 is 0 Å². The zero-order chi connectivity index (χ0) is 11.7. The van der Waals surface area contributed by atoms with Gasteiger partial charge in [-0.2, -0.15) is 5.26 Å². The van der Waals surface area contributed by atoms with Gasteiger partial charge in [0.05, 0.1) is 16.6 Å². The van der Waals surface area contributed by atoms with Crippen LogP contribution < -0.4 is 0 Å². The summed E-state index contributed by atoms with van der Waals surface area (Å²) >= 11 is 0. The van der Waals surface area contributed by atoms with Crippen LogP contribution in [-0.2, 0) is 0 Å². The van der Waals surface area contributed by atoms with E-state index in [1.54, 1.807) is 0 Å². The van der Waals surface area contributed by atoms with Crippen LogP contribution in [0.4, 0.5) is 0 Å². The molecule has 3 nitrogen and oxygen atoms in total. The SMILES string of the molecule is N#CC(=C1CCCC1)c1nc2ccccc2[nH]1. The van der Waals surface area contributed by atoms with Crippen molar-refractivity contribution in [1.82, 2.24) is 9.97 Å². The molecule has 0 atom stereocenters. The fourth-order valence-corrected chi connectivity index (χ4v) is 2.42. The molecule has 84 valence electrons. The molecule has 0 radical (unpaired) electrons. The van der Waals surface area contributed by atoms with Gasteiger partial charge in [0.15, 0.2) is 0 Å². The zero-order valence-electron chi connectivity index (χ0n) is 9.53. The first-order valence-corrected chi connectivity index (χ1v) is 5.96. The Labute approximate surface area is 99.8 Å². The Hall–Kier alpha value is -2.08. The highest BCUT2D eigenvalue weighted by atomic mass is 14.9. The van der Waals surface area contributed by atoms with Gasteiger partial charge in [-0.1, -0.05) is 12.1 Å². The van der Waals surface area contributed by atoms with E-state index in [2.05, 4.69) is 16.0 Å². The monoisotopic (exact) mass is 223 g/mol. The van der Waals surface area contributed by atoms with Crippen molar-refractivity contribution in [3.05, 3.63) is 35.7 Å². The van der Waals surface area contributed by atoms with E-state index in [-0.39, 0.29) is 0 Å². The average Bonchev–Trinajstić information content (AvgIpc) is 2.98. The summed E-state index contributed by atoms with van der Waals surface area (Å²) in [7, 11) is 0. The normalized spacial score (nSPS) is 15.1. The number of aromatic amines is 1. The number of aromatic nitrogens is 2. The maximum atomic E-state index is 9.30. The van der Waals surface area contributed by atoms with Gasteiger partial charge in [0, 0.05) is 0 Å². The smallest absolute Gasteiger partial charge is 0.149 e. The Balaban J connectivity index is 2.14. The van der Waals surface area contributed by atoms with Crippen molar-refractivity contribution < 1.29 is 0 Å². The molecular weight excluding hydrogens is 210 g/mol. The van der Waals surface area contributed by atoms with Gasteiger partial charge in [-0.25, -0.2) is 4.98 Å². The van der Waals surface area contributed by atoms with Crippen molar-refractivity contribution in [2.75, 3.05) is 0 Å². The van der Waals surface area contributed by atoms with Crippen LogP contribution >= 0.6 is 0 Å². The van der Waals surface area contributed by atoms with Crippen LogP contribution in [0.2, 0.25) is 0 Å². The predicted octanol–water partition coefficient (Wildman–Crippen LogP) is 3.41. The van der Waals surface area contributed by atoms with Crippen molar-refractivity contribution in [2.24, 2.45) is 0 Å². The molecule has 1 aromatic carbocycles. The van der Waals surface area contributed by atoms with Crippen LogP contribution in [0.1, 0.15) is 31.5 Å². The summed E-state index contributed by atoms with van der Waals surface area (Å²) < 4.78 is 0. The van der Waals surface area contributed by atoms with Gasteiger partial charge in [0.25, 0.3) is 0 Å². The van der Waals surface area contributed by atoms with E-state index in [9.17, 15) is 5.26 Å². The van der Waals surface area contributed by atoms with Crippen LogP contribution in [0.5, 0.6) is 0 Å². The van der Waals surface area contributed by atoms with Gasteiger partial charge >= 0.3 is 0 Å². The first-order chi connectivity index (χ1) is 8.38. The van der Waals surface area contributed by atoms with E-state index in [4.69, 9.17) is 0 Å². The second kappa shape index (κ2) is 4.06. The third-order valence-electron chi connectivity index (χ3n) is 3.30. The van der Waals surface area contributed by atoms with Crippen molar-refractivity contribution in [3.63, 3.8) is 0 Å². The predicted molar refractivity (Wildman–Crippen MR) is 67.1 cm³/mol. The quantitative estimate of drug-likeness (QED) is 0.753. The standard InChI is InChI=1S/C14H13N3/c15-9-11(10-5-1-2-6-10)14-16-12-7-3-4-8-13(12)17-14/h3-4,7-8H,1-2,5-6H2,(H,16,17). The lowest BCUT2D eigenvalue weighted by Gasteiger charge is -1.98. The molecule has 2 aromatic rings. The maximum Gasteiger partial charge on any atom is 0.149 e. The molecule has 0 spiro atoms. The Morgan fingerprint density at radius 3 is 2.71 bits per heavy atom. The van der Waals surface area contributed by atoms with E-state index in [0.717, 1.165) is 35.3 Å². The number of imidazole rings is 1. The number of hydrogen-bond donors (Lipinski definition) is 1. The molecule has 0 amide bonds. The van der Waals surface area contributed by atoms with Gasteiger partial charge in [0.2, 0.25) is 0 Å². The minimum atomic E-state index is 0.727. The van der Waals surface area contributed by atoms with E-state index in [0.29, 0.717) is 0 Å². The van der Waals surface area contributed by atoms with E-state index in [1.807, 2.05) is 24.3 Å². The Bertz CT molecular complexity index is 587. The van der Waals surface area contributed by atoms with Crippen molar-refractivity contribution >= 4 is 16.6 Å². The van der Waals surface area contributed by atoms with Gasteiger partial charge < -0.3 is 4.98 Å². The largest absolute Gasteiger partial charge is 0.337 e. The molecule has 0 unspecified atom stereocenters. The lowest BCUT2D eigenvalue weighted by molar-refractivity contribution is 0.886. The van der Waals surface area contributed by atoms with Crippen LogP contribution in [0.15, 0.2) is 29.8 Å². The third kappa shape index (κ3) is 1.72. The molecule has 1 saturated carbocycles. The van der Waals surface area contributed by atoms with Crippen molar-refractivity contribution in [1.29, 1.82) is 5.26 Å². The van der Waals surface area contributed by atoms with Crippen LogP contribution in [0.3, 0.4) is 0 Å². The number of rotatable bonds is 1. The number of hydrogen-bond acceptors (Lipinski definition) is 2. The first kappa shape index (κ1) is 10.1. The number of para-hydroxylation sites is 2. The van der Waals surface area contributed by atoms with E-state index in [1.165, 1.54) is 18.4 Å². The fourth-order valence-electron chi connectivity index (χ4n) is 2.42. The Morgan fingerprint density at radius 2 is 2.00 bits per heavy atom. The third-order valence-corrected chi connectivity index (χ3v) is 3.30. The topological polar surface area (TPSA) is 52.5 Å². The van der Waals surface area contributed by atoms with Crippen LogP contribution in [0.25, 0.3) is 16.6 Å². The van der Waals surface area contributed by atoms with Crippen molar-refractivity contribution in [3.8, 4) is 6.07 Å². The van der Waals surface area contributed by atoms with Gasteiger partial charge in [-0.05, 0) is 43.4 Å². The molecule has 3 heteroatoms. The lowest BCUT2D eigenvalue weighted by atomic mass is 10.1. The summed E-state index contributed by atoms with van der Waals surface area (Å²) in [5.41, 5.74) is 3.92. The summed E-state index contributed by atoms with van der Waals surface area (Å²) in [5, 5.41) is 9.30. The Morgan fingerprint density at radius 1 is 1.24 bits per heavy atom. The molecule has 1 fully saturated rings. The summed E-state index contributed by atoms with van der Waals surface area (Å²) in [5.74, 6) is 0.727. The second-order valence-corrected chi connectivity index (χ2v) is 4.40. The lowest BCUT2D eigenvalue weighted by Crippen LogP contribution is -1.89. The number of H-pyrrole nitrogens is 1. The minimum Gasteiger partial charge on any atom is -0.337 e. The van der Waals surface area contributed by atoms with Gasteiger partial charge in [0.1, 0.15) is 11.9 Å². The van der Waals surface area contributed by atoms with Gasteiger partial charge in [-0.3, -0.25) is 0 Å². The number of nitriles is 1. The molecule has 0 bridgehead atoms. The second-order valence-electron chi connectivity index (χ2n) is 4.40. The highest BCUT2D eigenvalue weighted by Gasteiger charge is 2.16. The molecule has 0 saturated heterocycles. The van der Waals surface area contributed by atoms with Crippen molar-refractivity contribution in [2.45, 2.75) is 25.7 Å². The highest BCUT2D eigenvalue weighted by Crippen LogP contribution is 2.31. The molecule has 3 rings (SSSR count). The fraction of sp³-hybridized carbons (Fsp3) is 0.286. The number of nitrogens with one attached hydrogen (secondary N) is 1. The number of benzene rings is 1. The summed E-state index contributed by atoms with van der Waals surface area (Å²) in [6.45, 7) is 0. The summed E-state index contributed by atoms with van der Waals surface area (Å²) in [4.78, 5) is 7.72. The molecule has 1 heterocycles. The van der Waals surface area contributed by atoms with Gasteiger partial charge in [-0.15, -0.1) is 0 Å². The Kier molecular flexibility index (Phi) is 2.41. The average molecular weight is 223 g/mol.